The third kappa shape index (κ3) is 4.70. The first-order valence-corrected chi connectivity index (χ1v) is 5.80. The molecular weight excluding hydrogens is 262 g/mol. The smallest absolute Gasteiger partial charge is 0.419 e. The monoisotopic (exact) mass is 279 g/mol. The van der Waals surface area contributed by atoms with Gasteiger partial charge in [0.1, 0.15) is 11.6 Å². The highest BCUT2D eigenvalue weighted by atomic mass is 19.4. The maximum atomic E-state index is 13.1. The molecule has 0 fully saturated rings. The molecule has 0 unspecified atom stereocenters. The first-order chi connectivity index (χ1) is 8.65. The fraction of sp³-hybridized carbons (Fsp3) is 0.538. The van der Waals surface area contributed by atoms with Crippen LogP contribution in [-0.2, 0) is 6.18 Å². The van der Waals surface area contributed by atoms with Gasteiger partial charge in [0.15, 0.2) is 0 Å². The van der Waals surface area contributed by atoms with Crippen LogP contribution in [0.25, 0.3) is 0 Å². The van der Waals surface area contributed by atoms with Gasteiger partial charge in [-0.05, 0) is 25.2 Å². The van der Waals surface area contributed by atoms with Crippen LogP contribution in [0.1, 0.15) is 19.4 Å². The van der Waals surface area contributed by atoms with E-state index in [2.05, 4.69) is 5.32 Å². The van der Waals surface area contributed by atoms with Gasteiger partial charge in [0.25, 0.3) is 0 Å². The van der Waals surface area contributed by atoms with E-state index in [-0.39, 0.29) is 17.8 Å². The van der Waals surface area contributed by atoms with Crippen molar-refractivity contribution in [3.8, 4) is 5.75 Å². The van der Waals surface area contributed by atoms with Crippen LogP contribution in [0, 0.1) is 11.2 Å². The summed E-state index contributed by atoms with van der Waals surface area (Å²) in [6, 6.07) is 2.65. The minimum atomic E-state index is -4.72. The molecule has 0 aliphatic heterocycles. The first-order valence-electron chi connectivity index (χ1n) is 5.80. The number of benzene rings is 1. The topological polar surface area (TPSA) is 21.3 Å². The Labute approximate surface area is 109 Å². The molecule has 0 aliphatic carbocycles. The number of rotatable bonds is 5. The van der Waals surface area contributed by atoms with E-state index in [1.165, 1.54) is 6.07 Å². The molecule has 6 heteroatoms. The van der Waals surface area contributed by atoms with Crippen molar-refractivity contribution in [3.05, 3.63) is 29.6 Å². The van der Waals surface area contributed by atoms with Gasteiger partial charge in [0.05, 0.1) is 12.2 Å². The molecule has 1 rings (SSSR count). The Balaban J connectivity index is 2.81. The van der Waals surface area contributed by atoms with Crippen molar-refractivity contribution in [2.75, 3.05) is 20.2 Å². The standard InChI is InChI=1S/C13H17F4NO/c1-12(2,7-18-3)8-19-9-4-5-11(14)10(6-9)13(15,16)17/h4-6,18H,7-8H2,1-3H3. The Morgan fingerprint density at radius 1 is 1.21 bits per heavy atom. The summed E-state index contributed by atoms with van der Waals surface area (Å²) < 4.78 is 55.9. The molecule has 0 saturated heterocycles. The zero-order chi connectivity index (χ0) is 14.7. The van der Waals surface area contributed by atoms with Crippen molar-refractivity contribution in [2.45, 2.75) is 20.0 Å². The van der Waals surface area contributed by atoms with Gasteiger partial charge >= 0.3 is 6.18 Å². The molecule has 1 aromatic rings. The first kappa shape index (κ1) is 15.8. The number of halogens is 4. The summed E-state index contributed by atoms with van der Waals surface area (Å²) >= 11 is 0. The highest BCUT2D eigenvalue weighted by Gasteiger charge is 2.34. The second-order valence-corrected chi connectivity index (χ2v) is 5.12. The minimum absolute atomic E-state index is 0.0119. The van der Waals surface area contributed by atoms with Crippen molar-refractivity contribution in [1.82, 2.24) is 5.32 Å². The molecule has 0 spiro atoms. The lowest BCUT2D eigenvalue weighted by Crippen LogP contribution is -2.32. The van der Waals surface area contributed by atoms with Gasteiger partial charge in [-0.2, -0.15) is 13.2 Å². The number of alkyl halides is 3. The Morgan fingerprint density at radius 3 is 2.37 bits per heavy atom. The zero-order valence-corrected chi connectivity index (χ0v) is 11.1. The predicted molar refractivity (Wildman–Crippen MR) is 64.6 cm³/mol. The second-order valence-electron chi connectivity index (χ2n) is 5.12. The molecule has 1 N–H and O–H groups in total. The Bertz CT molecular complexity index is 429. The SMILES string of the molecule is CNCC(C)(C)COc1ccc(F)c(C(F)(F)F)c1. The highest BCUT2D eigenvalue weighted by Crippen LogP contribution is 2.33. The zero-order valence-electron chi connectivity index (χ0n) is 11.1. The van der Waals surface area contributed by atoms with Crippen LogP contribution < -0.4 is 10.1 Å². The summed E-state index contributed by atoms with van der Waals surface area (Å²) in [6.07, 6.45) is -4.72. The van der Waals surface area contributed by atoms with Crippen molar-refractivity contribution in [3.63, 3.8) is 0 Å². The van der Waals surface area contributed by atoms with E-state index >= 15 is 0 Å². The average Bonchev–Trinajstić information content (AvgIpc) is 2.26. The quantitative estimate of drug-likeness (QED) is 0.833. The van der Waals surface area contributed by atoms with E-state index in [4.69, 9.17) is 4.74 Å². The van der Waals surface area contributed by atoms with Crippen LogP contribution >= 0.6 is 0 Å². The molecule has 108 valence electrons. The van der Waals surface area contributed by atoms with E-state index in [1.54, 1.807) is 7.05 Å². The summed E-state index contributed by atoms with van der Waals surface area (Å²) in [5, 5.41) is 2.97. The molecule has 0 amide bonds. The van der Waals surface area contributed by atoms with Gasteiger partial charge in [-0.3, -0.25) is 0 Å². The van der Waals surface area contributed by atoms with E-state index in [0.29, 0.717) is 12.6 Å². The summed E-state index contributed by atoms with van der Waals surface area (Å²) in [5.41, 5.74) is -1.54. The molecule has 19 heavy (non-hydrogen) atoms. The van der Waals surface area contributed by atoms with E-state index < -0.39 is 17.6 Å². The summed E-state index contributed by atoms with van der Waals surface area (Å²) in [6.45, 7) is 4.71. The minimum Gasteiger partial charge on any atom is -0.493 e. The third-order valence-corrected chi connectivity index (χ3v) is 2.53. The fourth-order valence-corrected chi connectivity index (χ4v) is 1.62. The summed E-state index contributed by atoms with van der Waals surface area (Å²) in [7, 11) is 1.78. The second kappa shape index (κ2) is 5.77. The number of hydrogen-bond donors (Lipinski definition) is 1. The van der Waals surface area contributed by atoms with Crippen molar-refractivity contribution in [1.29, 1.82) is 0 Å². The van der Waals surface area contributed by atoms with Crippen molar-refractivity contribution >= 4 is 0 Å². The average molecular weight is 279 g/mol. The van der Waals surface area contributed by atoms with Crippen LogP contribution in [0.3, 0.4) is 0 Å². The van der Waals surface area contributed by atoms with Gasteiger partial charge in [-0.15, -0.1) is 0 Å². The third-order valence-electron chi connectivity index (χ3n) is 2.53. The van der Waals surface area contributed by atoms with Crippen LogP contribution in [-0.4, -0.2) is 20.2 Å². The van der Waals surface area contributed by atoms with E-state index in [1.807, 2.05) is 13.8 Å². The largest absolute Gasteiger partial charge is 0.493 e. The molecular formula is C13H17F4NO. The van der Waals surface area contributed by atoms with Gasteiger partial charge in [-0.25, -0.2) is 4.39 Å². The predicted octanol–water partition coefficient (Wildman–Crippen LogP) is 3.47. The van der Waals surface area contributed by atoms with Crippen LogP contribution in [0.15, 0.2) is 18.2 Å². The molecule has 0 aromatic heterocycles. The maximum absolute atomic E-state index is 13.1. The summed E-state index contributed by atoms with van der Waals surface area (Å²) in [5.74, 6) is -1.28. The molecule has 0 bridgehead atoms. The number of ether oxygens (including phenoxy) is 1. The molecule has 0 radical (unpaired) electrons. The molecule has 0 heterocycles. The molecule has 1 aromatic carbocycles. The van der Waals surface area contributed by atoms with Crippen LogP contribution in [0.2, 0.25) is 0 Å². The van der Waals surface area contributed by atoms with Gasteiger partial charge < -0.3 is 10.1 Å². The number of hydrogen-bond acceptors (Lipinski definition) is 2. The summed E-state index contributed by atoms with van der Waals surface area (Å²) in [4.78, 5) is 0. The fourth-order valence-electron chi connectivity index (χ4n) is 1.62. The molecule has 2 nitrogen and oxygen atoms in total. The van der Waals surface area contributed by atoms with Crippen LogP contribution in [0.5, 0.6) is 5.75 Å². The molecule has 0 atom stereocenters. The van der Waals surface area contributed by atoms with Gasteiger partial charge in [0, 0.05) is 12.0 Å². The highest BCUT2D eigenvalue weighted by molar-refractivity contribution is 5.31. The van der Waals surface area contributed by atoms with Crippen molar-refractivity contribution < 1.29 is 22.3 Å². The number of nitrogens with one attached hydrogen (secondary N) is 1. The van der Waals surface area contributed by atoms with Crippen LogP contribution in [0.4, 0.5) is 17.6 Å². The lowest BCUT2D eigenvalue weighted by atomic mass is 9.95. The van der Waals surface area contributed by atoms with E-state index in [9.17, 15) is 17.6 Å². The van der Waals surface area contributed by atoms with Crippen molar-refractivity contribution in [2.24, 2.45) is 5.41 Å². The van der Waals surface area contributed by atoms with Gasteiger partial charge in [-0.1, -0.05) is 13.8 Å². The molecule has 0 aliphatic rings. The maximum Gasteiger partial charge on any atom is 0.419 e. The lowest BCUT2D eigenvalue weighted by molar-refractivity contribution is -0.140. The molecule has 0 saturated carbocycles. The van der Waals surface area contributed by atoms with Gasteiger partial charge in [0.2, 0.25) is 0 Å². The Hall–Kier alpha value is -1.30. The van der Waals surface area contributed by atoms with E-state index in [0.717, 1.165) is 6.07 Å². The normalized spacial score (nSPS) is 12.6. The Morgan fingerprint density at radius 2 is 1.84 bits per heavy atom. The lowest BCUT2D eigenvalue weighted by Gasteiger charge is -2.24. The Kier molecular flexibility index (Phi) is 4.79.